The Bertz CT molecular complexity index is 1440. The predicted octanol–water partition coefficient (Wildman–Crippen LogP) is 5.12. The Hall–Kier alpha value is -3.59. The molecule has 9 heteroatoms. The number of aromatic nitrogens is 5. The molecular weight excluding hydrogens is 467 g/mol. The van der Waals surface area contributed by atoms with E-state index in [4.69, 9.17) is 4.98 Å². The van der Waals surface area contributed by atoms with Gasteiger partial charge in [-0.05, 0) is 77.0 Å². The van der Waals surface area contributed by atoms with Crippen molar-refractivity contribution in [1.29, 1.82) is 0 Å². The lowest BCUT2D eigenvalue weighted by Gasteiger charge is -2.36. The Balaban J connectivity index is 1.23. The highest BCUT2D eigenvalue weighted by atomic mass is 19.1. The monoisotopic (exact) mass is 500 g/mol. The number of benzene rings is 1. The van der Waals surface area contributed by atoms with E-state index in [9.17, 15) is 4.39 Å². The van der Waals surface area contributed by atoms with E-state index in [-0.39, 0.29) is 5.69 Å². The molecule has 8 nitrogen and oxygen atoms in total. The van der Waals surface area contributed by atoms with E-state index >= 15 is 0 Å². The highest BCUT2D eigenvalue weighted by molar-refractivity contribution is 5.85. The van der Waals surface area contributed by atoms with Gasteiger partial charge in [0.1, 0.15) is 17.3 Å². The average Bonchev–Trinajstić information content (AvgIpc) is 3.46. The van der Waals surface area contributed by atoms with Crippen LogP contribution in [0.4, 0.5) is 21.8 Å². The number of anilines is 3. The Morgan fingerprint density at radius 1 is 1.03 bits per heavy atom. The number of piperidine rings is 1. The molecule has 192 valence electrons. The number of nitrogens with zero attached hydrogens (tertiary/aromatic N) is 7. The minimum atomic E-state index is -0.456. The van der Waals surface area contributed by atoms with Gasteiger partial charge in [0.2, 0.25) is 5.95 Å². The third kappa shape index (κ3) is 4.41. The Morgan fingerprint density at radius 3 is 2.57 bits per heavy atom. The molecular formula is C28H33FN8. The quantitative estimate of drug-likeness (QED) is 0.408. The van der Waals surface area contributed by atoms with Crippen LogP contribution in [0.2, 0.25) is 0 Å². The predicted molar refractivity (Wildman–Crippen MR) is 145 cm³/mol. The Kier molecular flexibility index (Phi) is 6.03. The molecule has 1 unspecified atom stereocenters. The summed E-state index contributed by atoms with van der Waals surface area (Å²) < 4.78 is 17.2. The maximum absolute atomic E-state index is 14.9. The number of imidazole rings is 1. The lowest BCUT2D eigenvalue weighted by atomic mass is 10.0. The normalized spacial score (nSPS) is 18.1. The molecule has 5 heterocycles. The summed E-state index contributed by atoms with van der Waals surface area (Å²) in [5, 5.41) is 3.15. The van der Waals surface area contributed by atoms with E-state index in [1.165, 1.54) is 6.20 Å². The number of hydrogen-bond acceptors (Lipinski definition) is 7. The molecule has 2 aliphatic heterocycles. The van der Waals surface area contributed by atoms with Crippen molar-refractivity contribution >= 4 is 28.5 Å². The average molecular weight is 501 g/mol. The first-order valence-corrected chi connectivity index (χ1v) is 13.1. The number of aryl methyl sites for hydroxylation is 2. The highest BCUT2D eigenvalue weighted by Crippen LogP contribution is 2.35. The van der Waals surface area contributed by atoms with E-state index in [1.54, 1.807) is 0 Å². The van der Waals surface area contributed by atoms with Gasteiger partial charge >= 0.3 is 0 Å². The zero-order valence-electron chi connectivity index (χ0n) is 21.9. The Morgan fingerprint density at radius 2 is 1.84 bits per heavy atom. The largest absolute Gasteiger partial charge is 0.370 e. The van der Waals surface area contributed by atoms with Crippen LogP contribution in [0.15, 0.2) is 36.7 Å². The van der Waals surface area contributed by atoms with Crippen LogP contribution in [0.25, 0.3) is 22.3 Å². The summed E-state index contributed by atoms with van der Waals surface area (Å²) in [5.74, 6) is 1.58. The van der Waals surface area contributed by atoms with Crippen molar-refractivity contribution < 1.29 is 4.39 Å². The van der Waals surface area contributed by atoms with Crippen LogP contribution in [0, 0.1) is 12.7 Å². The van der Waals surface area contributed by atoms with Crippen molar-refractivity contribution in [1.82, 2.24) is 29.4 Å². The first-order valence-electron chi connectivity index (χ1n) is 13.1. The number of nitrogens with one attached hydrogen (secondary N) is 1. The number of rotatable bonds is 5. The van der Waals surface area contributed by atoms with Gasteiger partial charge < -0.3 is 19.7 Å². The van der Waals surface area contributed by atoms with E-state index in [2.05, 4.69) is 61.7 Å². The third-order valence-electron chi connectivity index (χ3n) is 7.85. The molecule has 1 fully saturated rings. The van der Waals surface area contributed by atoms with Crippen molar-refractivity contribution in [2.75, 3.05) is 37.4 Å². The van der Waals surface area contributed by atoms with E-state index in [0.717, 1.165) is 72.4 Å². The van der Waals surface area contributed by atoms with Crippen molar-refractivity contribution in [3.8, 4) is 11.3 Å². The van der Waals surface area contributed by atoms with Gasteiger partial charge in [-0.1, -0.05) is 0 Å². The standard InChI is InChI=1S/C28H33FN8/c1-17-13-19(14-23-26(17)33-25-8-5-18(2)37(23)25)27-22(29)16-31-28(34-27)32-24-7-6-21(15-30-24)36-11-9-20(10-12-36)35(3)4/h6-7,13-16,18,20H,5,8-12H2,1-4H3,(H,30,31,32,34). The van der Waals surface area contributed by atoms with Gasteiger partial charge in [-0.15, -0.1) is 0 Å². The molecule has 0 amide bonds. The first kappa shape index (κ1) is 23.8. The smallest absolute Gasteiger partial charge is 0.229 e. The molecule has 0 aliphatic carbocycles. The van der Waals surface area contributed by atoms with Crippen LogP contribution in [0.5, 0.6) is 0 Å². The zero-order valence-corrected chi connectivity index (χ0v) is 21.9. The second-order valence-corrected chi connectivity index (χ2v) is 10.5. The van der Waals surface area contributed by atoms with Gasteiger partial charge in [0, 0.05) is 37.2 Å². The molecule has 3 aromatic heterocycles. The summed E-state index contributed by atoms with van der Waals surface area (Å²) in [7, 11) is 4.30. The van der Waals surface area contributed by atoms with E-state index in [0.29, 0.717) is 23.8 Å². The SMILES string of the molecule is Cc1cc(-c2nc(Nc3ccc(N4CCC(N(C)C)CC4)cn3)ncc2F)cc2c1nc1n2C(C)CC1. The van der Waals surface area contributed by atoms with Crippen LogP contribution >= 0.6 is 0 Å². The van der Waals surface area contributed by atoms with Gasteiger partial charge in [-0.25, -0.2) is 24.3 Å². The van der Waals surface area contributed by atoms with E-state index in [1.807, 2.05) is 31.3 Å². The van der Waals surface area contributed by atoms with Crippen LogP contribution in [-0.2, 0) is 6.42 Å². The molecule has 6 rings (SSSR count). The second-order valence-electron chi connectivity index (χ2n) is 10.5. The molecule has 1 N–H and O–H groups in total. The summed E-state index contributed by atoms with van der Waals surface area (Å²) in [4.78, 5) is 22.8. The molecule has 0 radical (unpaired) electrons. The minimum absolute atomic E-state index is 0.268. The summed E-state index contributed by atoms with van der Waals surface area (Å²) in [6, 6.07) is 8.97. The lowest BCUT2D eigenvalue weighted by molar-refractivity contribution is 0.249. The van der Waals surface area contributed by atoms with Crippen molar-refractivity contribution in [3.63, 3.8) is 0 Å². The molecule has 1 atom stereocenters. The van der Waals surface area contributed by atoms with Crippen molar-refractivity contribution in [3.05, 3.63) is 53.9 Å². The topological polar surface area (TPSA) is 75.0 Å². The fourth-order valence-electron chi connectivity index (χ4n) is 5.72. The molecule has 0 bridgehead atoms. The van der Waals surface area contributed by atoms with Crippen molar-refractivity contribution in [2.24, 2.45) is 0 Å². The van der Waals surface area contributed by atoms with Crippen LogP contribution in [0.3, 0.4) is 0 Å². The number of halogens is 1. The summed E-state index contributed by atoms with van der Waals surface area (Å²) in [6.45, 7) is 6.26. The minimum Gasteiger partial charge on any atom is -0.370 e. The van der Waals surface area contributed by atoms with Gasteiger partial charge in [0.25, 0.3) is 0 Å². The number of fused-ring (bicyclic) bond motifs is 3. The molecule has 0 spiro atoms. The van der Waals surface area contributed by atoms with Crippen molar-refractivity contribution in [2.45, 2.75) is 51.6 Å². The maximum atomic E-state index is 14.9. The molecule has 2 aliphatic rings. The lowest BCUT2D eigenvalue weighted by Crippen LogP contribution is -2.42. The first-order chi connectivity index (χ1) is 17.9. The van der Waals surface area contributed by atoms with Gasteiger partial charge in [0.05, 0.1) is 29.1 Å². The number of hydrogen-bond donors (Lipinski definition) is 1. The Labute approximate surface area is 216 Å². The third-order valence-corrected chi connectivity index (χ3v) is 7.85. The zero-order chi connectivity index (χ0) is 25.7. The summed E-state index contributed by atoms with van der Waals surface area (Å²) in [6.07, 6.45) is 7.44. The molecule has 0 saturated carbocycles. The molecule has 37 heavy (non-hydrogen) atoms. The fraction of sp³-hybridized carbons (Fsp3) is 0.429. The summed E-state index contributed by atoms with van der Waals surface area (Å²) in [5.41, 5.74) is 5.13. The highest BCUT2D eigenvalue weighted by Gasteiger charge is 2.24. The van der Waals surface area contributed by atoms with Gasteiger partial charge in [-0.3, -0.25) is 0 Å². The molecule has 4 aromatic rings. The fourth-order valence-corrected chi connectivity index (χ4v) is 5.72. The second kappa shape index (κ2) is 9.37. The molecule has 1 aromatic carbocycles. The van der Waals surface area contributed by atoms with Crippen LogP contribution in [-0.4, -0.2) is 62.6 Å². The number of pyridine rings is 1. The molecule has 1 saturated heterocycles. The summed E-state index contributed by atoms with van der Waals surface area (Å²) >= 11 is 0. The van der Waals surface area contributed by atoms with Crippen LogP contribution < -0.4 is 10.2 Å². The van der Waals surface area contributed by atoms with Gasteiger partial charge in [0.15, 0.2) is 5.82 Å². The van der Waals surface area contributed by atoms with Gasteiger partial charge in [-0.2, -0.15) is 0 Å². The van der Waals surface area contributed by atoms with E-state index < -0.39 is 5.82 Å². The maximum Gasteiger partial charge on any atom is 0.229 e. The van der Waals surface area contributed by atoms with Crippen LogP contribution in [0.1, 0.15) is 43.6 Å².